The fourth-order valence-corrected chi connectivity index (χ4v) is 2.71. The number of nitrogens with zero attached hydrogens (tertiary/aromatic N) is 2. The van der Waals surface area contributed by atoms with Gasteiger partial charge in [-0.15, -0.1) is 0 Å². The van der Waals surface area contributed by atoms with Crippen LogP contribution in [0.15, 0.2) is 30.6 Å². The Hall–Kier alpha value is -2.44. The molecule has 22 heavy (non-hydrogen) atoms. The van der Waals surface area contributed by atoms with E-state index in [1.54, 1.807) is 17.3 Å². The minimum Gasteiger partial charge on any atom is -0.347 e. The van der Waals surface area contributed by atoms with Crippen molar-refractivity contribution in [1.82, 2.24) is 14.9 Å². The van der Waals surface area contributed by atoms with Gasteiger partial charge in [0, 0.05) is 18.9 Å². The maximum absolute atomic E-state index is 13.7. The molecule has 1 atom stereocenters. The highest BCUT2D eigenvalue weighted by Crippen LogP contribution is 2.29. The predicted octanol–water partition coefficient (Wildman–Crippen LogP) is 3.45. The molecule has 2 amide bonds. The number of piperidine rings is 1. The van der Waals surface area contributed by atoms with Crippen molar-refractivity contribution in [2.24, 2.45) is 0 Å². The third-order valence-electron chi connectivity index (χ3n) is 3.79. The zero-order valence-corrected chi connectivity index (χ0v) is 11.9. The van der Waals surface area contributed by atoms with E-state index in [4.69, 9.17) is 0 Å². The zero-order valence-electron chi connectivity index (χ0n) is 11.9. The van der Waals surface area contributed by atoms with E-state index in [-0.39, 0.29) is 11.7 Å². The summed E-state index contributed by atoms with van der Waals surface area (Å²) < 4.78 is 26.9. The highest BCUT2D eigenvalue weighted by molar-refractivity contribution is 5.89. The number of hydrogen-bond acceptors (Lipinski definition) is 2. The van der Waals surface area contributed by atoms with Crippen molar-refractivity contribution in [3.63, 3.8) is 0 Å². The van der Waals surface area contributed by atoms with Gasteiger partial charge in [0.1, 0.15) is 5.82 Å². The van der Waals surface area contributed by atoms with Crippen LogP contribution in [0, 0.1) is 11.6 Å². The van der Waals surface area contributed by atoms with Gasteiger partial charge in [-0.1, -0.05) is 6.07 Å². The van der Waals surface area contributed by atoms with Gasteiger partial charge < -0.3 is 15.2 Å². The number of nitrogens with one attached hydrogen (secondary N) is 2. The van der Waals surface area contributed by atoms with E-state index in [2.05, 4.69) is 15.3 Å². The Morgan fingerprint density at radius 3 is 3.00 bits per heavy atom. The molecule has 1 aromatic carbocycles. The first-order valence-corrected chi connectivity index (χ1v) is 7.17. The first-order chi connectivity index (χ1) is 10.7. The number of benzene rings is 1. The number of aromatic amines is 1. The molecule has 2 heterocycles. The second kappa shape index (κ2) is 6.13. The number of urea groups is 1. The summed E-state index contributed by atoms with van der Waals surface area (Å²) in [5, 5.41) is 2.44. The van der Waals surface area contributed by atoms with Crippen molar-refractivity contribution in [2.75, 3.05) is 11.9 Å². The summed E-state index contributed by atoms with van der Waals surface area (Å²) in [4.78, 5) is 21.2. The van der Waals surface area contributed by atoms with Gasteiger partial charge in [0.25, 0.3) is 0 Å². The van der Waals surface area contributed by atoms with Crippen LogP contribution in [-0.4, -0.2) is 27.4 Å². The van der Waals surface area contributed by atoms with Crippen LogP contribution in [0.1, 0.15) is 31.1 Å². The molecule has 0 bridgehead atoms. The smallest absolute Gasteiger partial charge is 0.322 e. The molecular formula is C15H16F2N4O. The Balaban J connectivity index is 1.79. The third-order valence-corrected chi connectivity index (χ3v) is 3.79. The summed E-state index contributed by atoms with van der Waals surface area (Å²) in [6.45, 7) is 0.550. The number of rotatable bonds is 2. The quantitative estimate of drug-likeness (QED) is 0.892. The third kappa shape index (κ3) is 2.79. The molecule has 1 aliphatic heterocycles. The van der Waals surface area contributed by atoms with E-state index in [1.807, 2.05) is 0 Å². The van der Waals surface area contributed by atoms with E-state index in [0.717, 1.165) is 25.3 Å². The molecule has 1 fully saturated rings. The van der Waals surface area contributed by atoms with Crippen LogP contribution in [-0.2, 0) is 0 Å². The average molecular weight is 306 g/mol. The van der Waals surface area contributed by atoms with E-state index in [1.165, 1.54) is 12.1 Å². The lowest BCUT2D eigenvalue weighted by molar-refractivity contribution is 0.159. The summed E-state index contributed by atoms with van der Waals surface area (Å²) >= 11 is 0. The normalized spacial score (nSPS) is 18.3. The number of anilines is 1. The molecule has 1 unspecified atom stereocenters. The van der Waals surface area contributed by atoms with Crippen LogP contribution in [0.25, 0.3) is 0 Å². The highest BCUT2D eigenvalue weighted by Gasteiger charge is 2.30. The van der Waals surface area contributed by atoms with Gasteiger partial charge in [-0.3, -0.25) is 0 Å². The van der Waals surface area contributed by atoms with Gasteiger partial charge >= 0.3 is 6.03 Å². The molecule has 116 valence electrons. The predicted molar refractivity (Wildman–Crippen MR) is 77.3 cm³/mol. The minimum absolute atomic E-state index is 0.159. The molecule has 1 aromatic heterocycles. The molecule has 7 heteroatoms. The molecule has 5 nitrogen and oxygen atoms in total. The largest absolute Gasteiger partial charge is 0.347 e. The summed E-state index contributed by atoms with van der Waals surface area (Å²) in [5.74, 6) is -1.34. The Morgan fingerprint density at radius 1 is 1.36 bits per heavy atom. The van der Waals surface area contributed by atoms with Gasteiger partial charge in [-0.25, -0.2) is 18.6 Å². The van der Waals surface area contributed by atoms with Crippen LogP contribution in [0.2, 0.25) is 0 Å². The molecule has 0 radical (unpaired) electrons. The molecule has 1 saturated heterocycles. The fraction of sp³-hybridized carbons (Fsp3) is 0.333. The number of halogens is 2. The Labute approximate surface area is 126 Å². The highest BCUT2D eigenvalue weighted by atomic mass is 19.2. The summed E-state index contributed by atoms with van der Waals surface area (Å²) in [7, 11) is 0. The fourth-order valence-electron chi connectivity index (χ4n) is 2.71. The van der Waals surface area contributed by atoms with Crippen molar-refractivity contribution in [3.05, 3.63) is 48.1 Å². The zero-order chi connectivity index (χ0) is 15.5. The van der Waals surface area contributed by atoms with Crippen LogP contribution in [0.4, 0.5) is 19.3 Å². The lowest BCUT2D eigenvalue weighted by atomic mass is 10.0. The second-order valence-electron chi connectivity index (χ2n) is 5.21. The lowest BCUT2D eigenvalue weighted by Gasteiger charge is -2.34. The molecule has 2 N–H and O–H groups in total. The van der Waals surface area contributed by atoms with Gasteiger partial charge in [-0.05, 0) is 31.4 Å². The van der Waals surface area contributed by atoms with Crippen molar-refractivity contribution in [1.29, 1.82) is 0 Å². The average Bonchev–Trinajstić information content (AvgIpc) is 3.06. The number of hydrogen-bond donors (Lipinski definition) is 2. The summed E-state index contributed by atoms with van der Waals surface area (Å²) in [5.41, 5.74) is -0.159. The van der Waals surface area contributed by atoms with E-state index < -0.39 is 17.7 Å². The van der Waals surface area contributed by atoms with Crippen molar-refractivity contribution < 1.29 is 13.6 Å². The van der Waals surface area contributed by atoms with E-state index in [0.29, 0.717) is 12.4 Å². The van der Waals surface area contributed by atoms with Crippen molar-refractivity contribution >= 4 is 11.7 Å². The molecule has 0 aliphatic carbocycles. The monoisotopic (exact) mass is 306 g/mol. The Kier molecular flexibility index (Phi) is 4.04. The number of carbonyl (C=O) groups is 1. The number of H-pyrrole nitrogens is 1. The molecule has 3 rings (SSSR count). The minimum atomic E-state index is -1.05. The number of likely N-dealkylation sites (tertiary alicyclic amines) is 1. The molecule has 2 aromatic rings. The van der Waals surface area contributed by atoms with Gasteiger partial charge in [0.05, 0.1) is 11.7 Å². The second-order valence-corrected chi connectivity index (χ2v) is 5.21. The Bertz CT molecular complexity index is 660. The van der Waals surface area contributed by atoms with Crippen molar-refractivity contribution in [3.8, 4) is 0 Å². The maximum Gasteiger partial charge on any atom is 0.322 e. The van der Waals surface area contributed by atoms with Crippen LogP contribution >= 0.6 is 0 Å². The molecule has 0 spiro atoms. The Morgan fingerprint density at radius 2 is 2.23 bits per heavy atom. The standard InChI is InChI=1S/C15H16F2N4O/c16-10-4-3-5-11(13(10)17)20-15(22)21-9-2-1-6-12(21)14-18-7-8-19-14/h3-5,7-8,12H,1-2,6,9H2,(H,18,19)(H,20,22). The first-order valence-electron chi connectivity index (χ1n) is 7.17. The first kappa shape index (κ1) is 14.5. The van der Waals surface area contributed by atoms with Gasteiger partial charge in [-0.2, -0.15) is 0 Å². The summed E-state index contributed by atoms with van der Waals surface area (Å²) in [6.07, 6.45) is 5.98. The van der Waals surface area contributed by atoms with Crippen LogP contribution in [0.5, 0.6) is 0 Å². The summed E-state index contributed by atoms with van der Waals surface area (Å²) in [6, 6.07) is 3.07. The molecule has 0 saturated carbocycles. The SMILES string of the molecule is O=C(Nc1cccc(F)c1F)N1CCCCC1c1ncc[nH]1. The number of aromatic nitrogens is 2. The van der Waals surface area contributed by atoms with Crippen LogP contribution in [0.3, 0.4) is 0 Å². The van der Waals surface area contributed by atoms with Gasteiger partial charge in [0.2, 0.25) is 0 Å². The maximum atomic E-state index is 13.7. The van der Waals surface area contributed by atoms with E-state index >= 15 is 0 Å². The molecule has 1 aliphatic rings. The lowest BCUT2D eigenvalue weighted by Crippen LogP contribution is -2.41. The number of imidazole rings is 1. The van der Waals surface area contributed by atoms with Crippen molar-refractivity contribution in [2.45, 2.75) is 25.3 Å². The number of carbonyl (C=O) groups excluding carboxylic acids is 1. The van der Waals surface area contributed by atoms with Gasteiger partial charge in [0.15, 0.2) is 11.6 Å². The van der Waals surface area contributed by atoms with E-state index in [9.17, 15) is 13.6 Å². The topological polar surface area (TPSA) is 61.0 Å². The van der Waals surface area contributed by atoms with Crippen LogP contribution < -0.4 is 5.32 Å². The molecular weight excluding hydrogens is 290 g/mol. The number of amides is 2.